The summed E-state index contributed by atoms with van der Waals surface area (Å²) in [5.41, 5.74) is 2.68. The molecule has 1 heterocycles. The smallest absolute Gasteiger partial charge is 0.226 e. The predicted molar refractivity (Wildman–Crippen MR) is 76.1 cm³/mol. The van der Waals surface area contributed by atoms with Gasteiger partial charge in [-0.25, -0.2) is 0 Å². The molecule has 0 aromatic heterocycles. The average Bonchev–Trinajstić information content (AvgIpc) is 3.18. The summed E-state index contributed by atoms with van der Waals surface area (Å²) in [5.74, 6) is 1.05. The number of nitrogens with one attached hydrogen (secondary N) is 1. The van der Waals surface area contributed by atoms with E-state index < -0.39 is 0 Å². The number of carbonyl (C=O) groups excluding carboxylic acids is 1. The van der Waals surface area contributed by atoms with E-state index in [1.54, 1.807) is 0 Å². The highest BCUT2D eigenvalue weighted by Gasteiger charge is 2.46. The van der Waals surface area contributed by atoms with Crippen molar-refractivity contribution in [2.24, 2.45) is 5.92 Å². The Balaban J connectivity index is 1.66. The first-order valence-corrected chi connectivity index (χ1v) is 7.24. The first kappa shape index (κ1) is 12.7. The second-order valence-electron chi connectivity index (χ2n) is 5.94. The minimum Gasteiger partial charge on any atom is -0.340 e. The van der Waals surface area contributed by atoms with Crippen molar-refractivity contribution in [1.29, 1.82) is 0 Å². The molecule has 3 rings (SSSR count). The molecule has 0 spiro atoms. The van der Waals surface area contributed by atoms with E-state index in [4.69, 9.17) is 0 Å². The monoisotopic (exact) mass is 258 g/mol. The molecule has 1 N–H and O–H groups in total. The normalized spacial score (nSPS) is 30.2. The van der Waals surface area contributed by atoms with Gasteiger partial charge in [0, 0.05) is 31.6 Å². The number of piperazine rings is 1. The van der Waals surface area contributed by atoms with E-state index in [1.165, 1.54) is 11.1 Å². The predicted octanol–water partition coefficient (Wildman–Crippen LogP) is 1.92. The van der Waals surface area contributed by atoms with Crippen LogP contribution in [0.1, 0.15) is 30.4 Å². The number of benzene rings is 1. The molecule has 1 aliphatic carbocycles. The van der Waals surface area contributed by atoms with Gasteiger partial charge in [-0.1, -0.05) is 24.3 Å². The maximum Gasteiger partial charge on any atom is 0.226 e. The fourth-order valence-corrected chi connectivity index (χ4v) is 3.18. The van der Waals surface area contributed by atoms with Crippen LogP contribution < -0.4 is 5.32 Å². The van der Waals surface area contributed by atoms with Gasteiger partial charge in [-0.05, 0) is 37.3 Å². The SMILES string of the molecule is Cc1ccccc1[C@@H]1C[C@@H]1C(=O)N1CCN[C@H](C)C1. The molecular formula is C16H22N2O. The molecule has 0 bridgehead atoms. The van der Waals surface area contributed by atoms with Crippen LogP contribution in [0.15, 0.2) is 24.3 Å². The molecule has 102 valence electrons. The number of hydrogen-bond donors (Lipinski definition) is 1. The van der Waals surface area contributed by atoms with Crippen molar-refractivity contribution in [3.05, 3.63) is 35.4 Å². The second-order valence-corrected chi connectivity index (χ2v) is 5.94. The van der Waals surface area contributed by atoms with Crippen molar-refractivity contribution < 1.29 is 4.79 Å². The molecule has 1 aromatic rings. The Kier molecular flexibility index (Phi) is 3.31. The van der Waals surface area contributed by atoms with Gasteiger partial charge in [0.15, 0.2) is 0 Å². The molecular weight excluding hydrogens is 236 g/mol. The number of hydrogen-bond acceptors (Lipinski definition) is 2. The molecule has 1 saturated heterocycles. The van der Waals surface area contributed by atoms with E-state index in [2.05, 4.69) is 43.4 Å². The Morgan fingerprint density at radius 3 is 2.89 bits per heavy atom. The van der Waals surface area contributed by atoms with Gasteiger partial charge in [0.25, 0.3) is 0 Å². The topological polar surface area (TPSA) is 32.3 Å². The van der Waals surface area contributed by atoms with Crippen LogP contribution in [-0.2, 0) is 4.79 Å². The van der Waals surface area contributed by atoms with Crippen molar-refractivity contribution in [1.82, 2.24) is 10.2 Å². The Morgan fingerprint density at radius 2 is 2.16 bits per heavy atom. The van der Waals surface area contributed by atoms with E-state index in [9.17, 15) is 4.79 Å². The summed E-state index contributed by atoms with van der Waals surface area (Å²) < 4.78 is 0. The van der Waals surface area contributed by atoms with Gasteiger partial charge in [-0.2, -0.15) is 0 Å². The third-order valence-corrected chi connectivity index (χ3v) is 4.38. The summed E-state index contributed by atoms with van der Waals surface area (Å²) >= 11 is 0. The molecule has 3 heteroatoms. The summed E-state index contributed by atoms with van der Waals surface area (Å²) in [4.78, 5) is 14.5. The van der Waals surface area contributed by atoms with Crippen LogP contribution in [0.3, 0.4) is 0 Å². The highest BCUT2D eigenvalue weighted by molar-refractivity contribution is 5.83. The van der Waals surface area contributed by atoms with E-state index in [0.29, 0.717) is 17.9 Å². The quantitative estimate of drug-likeness (QED) is 0.879. The van der Waals surface area contributed by atoms with Crippen LogP contribution in [0.4, 0.5) is 0 Å². The van der Waals surface area contributed by atoms with Crippen molar-refractivity contribution >= 4 is 5.91 Å². The standard InChI is InChI=1S/C16H22N2O/c1-11-5-3-4-6-13(11)14-9-15(14)16(19)18-8-7-17-12(2)10-18/h3-6,12,14-15,17H,7-10H2,1-2H3/t12-,14+,15+/m1/s1. The molecule has 19 heavy (non-hydrogen) atoms. The fourth-order valence-electron chi connectivity index (χ4n) is 3.18. The fraction of sp³-hybridized carbons (Fsp3) is 0.562. The molecule has 1 amide bonds. The van der Waals surface area contributed by atoms with Crippen LogP contribution in [0.5, 0.6) is 0 Å². The van der Waals surface area contributed by atoms with Crippen LogP contribution in [-0.4, -0.2) is 36.5 Å². The first-order valence-electron chi connectivity index (χ1n) is 7.24. The van der Waals surface area contributed by atoms with Gasteiger partial charge in [0.2, 0.25) is 5.91 Å². The van der Waals surface area contributed by atoms with Crippen LogP contribution in [0, 0.1) is 12.8 Å². The zero-order chi connectivity index (χ0) is 13.4. The number of aryl methyl sites for hydroxylation is 1. The molecule has 3 atom stereocenters. The lowest BCUT2D eigenvalue weighted by Crippen LogP contribution is -2.51. The van der Waals surface area contributed by atoms with E-state index >= 15 is 0 Å². The molecule has 0 radical (unpaired) electrons. The molecule has 2 aliphatic rings. The van der Waals surface area contributed by atoms with Crippen molar-refractivity contribution in [3.63, 3.8) is 0 Å². The first-order chi connectivity index (χ1) is 9.16. The molecule has 0 unspecified atom stereocenters. The Morgan fingerprint density at radius 1 is 1.37 bits per heavy atom. The van der Waals surface area contributed by atoms with Gasteiger partial charge in [0.1, 0.15) is 0 Å². The molecule has 1 aromatic carbocycles. The average molecular weight is 258 g/mol. The second kappa shape index (κ2) is 4.97. The van der Waals surface area contributed by atoms with Crippen LogP contribution in [0.25, 0.3) is 0 Å². The highest BCUT2D eigenvalue weighted by Crippen LogP contribution is 2.49. The number of amides is 1. The molecule has 1 saturated carbocycles. The number of rotatable bonds is 2. The summed E-state index contributed by atoms with van der Waals surface area (Å²) in [6.45, 7) is 6.93. The van der Waals surface area contributed by atoms with E-state index in [0.717, 1.165) is 26.1 Å². The van der Waals surface area contributed by atoms with E-state index in [1.807, 2.05) is 4.90 Å². The summed E-state index contributed by atoms with van der Waals surface area (Å²) in [5, 5.41) is 3.38. The van der Waals surface area contributed by atoms with Crippen molar-refractivity contribution in [2.45, 2.75) is 32.2 Å². The van der Waals surface area contributed by atoms with Gasteiger partial charge >= 0.3 is 0 Å². The number of carbonyl (C=O) groups is 1. The Hall–Kier alpha value is -1.35. The molecule has 2 fully saturated rings. The Bertz CT molecular complexity index is 485. The summed E-state index contributed by atoms with van der Waals surface area (Å²) in [7, 11) is 0. The van der Waals surface area contributed by atoms with Crippen LogP contribution in [0.2, 0.25) is 0 Å². The lowest BCUT2D eigenvalue weighted by atomic mass is 10.0. The third-order valence-electron chi connectivity index (χ3n) is 4.38. The van der Waals surface area contributed by atoms with Gasteiger partial charge in [0.05, 0.1) is 0 Å². The van der Waals surface area contributed by atoms with Gasteiger partial charge < -0.3 is 10.2 Å². The largest absolute Gasteiger partial charge is 0.340 e. The summed E-state index contributed by atoms with van der Waals surface area (Å²) in [6, 6.07) is 8.88. The minimum absolute atomic E-state index is 0.228. The molecule has 1 aliphatic heterocycles. The lowest BCUT2D eigenvalue weighted by molar-refractivity contribution is -0.133. The third kappa shape index (κ3) is 2.52. The van der Waals surface area contributed by atoms with Crippen molar-refractivity contribution in [3.8, 4) is 0 Å². The van der Waals surface area contributed by atoms with E-state index in [-0.39, 0.29) is 5.92 Å². The maximum atomic E-state index is 12.5. The van der Waals surface area contributed by atoms with Gasteiger partial charge in [-0.15, -0.1) is 0 Å². The highest BCUT2D eigenvalue weighted by atomic mass is 16.2. The lowest BCUT2D eigenvalue weighted by Gasteiger charge is -2.32. The summed E-state index contributed by atoms with van der Waals surface area (Å²) in [6.07, 6.45) is 1.03. The Labute approximate surface area is 115 Å². The zero-order valence-corrected chi connectivity index (χ0v) is 11.7. The van der Waals surface area contributed by atoms with Gasteiger partial charge in [-0.3, -0.25) is 4.79 Å². The molecule has 3 nitrogen and oxygen atoms in total. The minimum atomic E-state index is 0.228. The van der Waals surface area contributed by atoms with Crippen molar-refractivity contribution in [2.75, 3.05) is 19.6 Å². The van der Waals surface area contributed by atoms with Crippen LogP contribution >= 0.6 is 0 Å². The maximum absolute atomic E-state index is 12.5. The number of nitrogens with zero attached hydrogens (tertiary/aromatic N) is 1. The zero-order valence-electron chi connectivity index (χ0n) is 11.7.